The molecular formula is C20H16ClFN4O. The maximum atomic E-state index is 13.3. The van der Waals surface area contributed by atoms with Crippen molar-refractivity contribution in [3.63, 3.8) is 0 Å². The van der Waals surface area contributed by atoms with Crippen molar-refractivity contribution < 1.29 is 9.18 Å². The molecule has 2 aromatic carbocycles. The van der Waals surface area contributed by atoms with Gasteiger partial charge in [-0.1, -0.05) is 29.8 Å². The van der Waals surface area contributed by atoms with E-state index in [0.29, 0.717) is 16.5 Å². The number of halogens is 2. The van der Waals surface area contributed by atoms with Crippen LogP contribution < -0.4 is 5.32 Å². The first-order chi connectivity index (χ1) is 13.0. The Balaban J connectivity index is 1.70. The van der Waals surface area contributed by atoms with E-state index < -0.39 is 6.04 Å². The Morgan fingerprint density at radius 2 is 2.04 bits per heavy atom. The molecule has 1 atom stereocenters. The van der Waals surface area contributed by atoms with Gasteiger partial charge in [-0.2, -0.15) is 0 Å². The number of benzene rings is 2. The Bertz CT molecular complexity index is 1120. The van der Waals surface area contributed by atoms with E-state index in [-0.39, 0.29) is 11.7 Å². The summed E-state index contributed by atoms with van der Waals surface area (Å²) in [5.74, 6) is -0.00220. The van der Waals surface area contributed by atoms with E-state index in [0.717, 1.165) is 16.5 Å². The number of nitrogens with one attached hydrogen (secondary N) is 2. The van der Waals surface area contributed by atoms with Gasteiger partial charge >= 0.3 is 0 Å². The first kappa shape index (κ1) is 17.3. The highest BCUT2D eigenvalue weighted by atomic mass is 35.5. The predicted octanol–water partition coefficient (Wildman–Crippen LogP) is 4.21. The first-order valence-electron chi connectivity index (χ1n) is 8.34. The Labute approximate surface area is 159 Å². The third-order valence-electron chi connectivity index (χ3n) is 4.45. The summed E-state index contributed by atoms with van der Waals surface area (Å²) >= 11 is 6.19. The molecule has 0 saturated carbocycles. The van der Waals surface area contributed by atoms with Crippen LogP contribution >= 0.6 is 11.6 Å². The lowest BCUT2D eigenvalue weighted by Crippen LogP contribution is -2.31. The minimum Gasteiger partial charge on any atom is -0.350 e. The number of carbonyl (C=O) groups excluding carboxylic acids is 1. The normalized spacial score (nSPS) is 12.3. The Hall–Kier alpha value is -3.12. The van der Waals surface area contributed by atoms with Gasteiger partial charge in [-0.15, -0.1) is 0 Å². The number of aromatic nitrogens is 3. The fraction of sp³-hybridized carbons (Fsp3) is 0.100. The molecular weight excluding hydrogens is 367 g/mol. The molecule has 4 rings (SSSR count). The summed E-state index contributed by atoms with van der Waals surface area (Å²) in [6, 6.07) is 12.6. The van der Waals surface area contributed by atoms with Crippen LogP contribution in [0.1, 0.15) is 27.9 Å². The molecule has 4 aromatic rings. The molecule has 0 bridgehead atoms. The molecule has 1 amide bonds. The summed E-state index contributed by atoms with van der Waals surface area (Å²) in [5, 5.41) is 4.32. The highest BCUT2D eigenvalue weighted by Crippen LogP contribution is 2.25. The molecule has 5 nitrogen and oxygen atoms in total. The summed E-state index contributed by atoms with van der Waals surface area (Å²) in [7, 11) is 1.84. The van der Waals surface area contributed by atoms with Crippen LogP contribution in [0.15, 0.2) is 60.9 Å². The van der Waals surface area contributed by atoms with Crippen molar-refractivity contribution in [1.82, 2.24) is 19.9 Å². The highest BCUT2D eigenvalue weighted by molar-refractivity contribution is 6.35. The molecule has 0 fully saturated rings. The molecule has 7 heteroatoms. The largest absolute Gasteiger partial charge is 0.350 e. The van der Waals surface area contributed by atoms with Crippen molar-refractivity contribution in [1.29, 1.82) is 0 Å². The van der Waals surface area contributed by atoms with Crippen molar-refractivity contribution in [3.05, 3.63) is 88.8 Å². The Morgan fingerprint density at radius 1 is 1.26 bits per heavy atom. The van der Waals surface area contributed by atoms with E-state index in [2.05, 4.69) is 15.3 Å². The number of imidazole rings is 1. The molecule has 0 aliphatic heterocycles. The van der Waals surface area contributed by atoms with Gasteiger partial charge in [-0.3, -0.25) is 4.79 Å². The van der Waals surface area contributed by atoms with Gasteiger partial charge in [0.05, 0.1) is 0 Å². The number of aromatic amines is 1. The van der Waals surface area contributed by atoms with E-state index in [4.69, 9.17) is 11.6 Å². The monoisotopic (exact) mass is 382 g/mol. The van der Waals surface area contributed by atoms with Gasteiger partial charge in [0.1, 0.15) is 23.4 Å². The standard InChI is InChI=1S/C20H16ClFN4O/c1-26-10-9-23-19(26)18(12-5-7-13(22)8-6-12)25-20(27)17-11-14-15(21)3-2-4-16(14)24-17/h2-11,18,24H,1H3,(H,25,27). The minimum atomic E-state index is -0.528. The van der Waals surface area contributed by atoms with Gasteiger partial charge in [0, 0.05) is 35.4 Å². The van der Waals surface area contributed by atoms with Crippen molar-refractivity contribution in [2.45, 2.75) is 6.04 Å². The topological polar surface area (TPSA) is 62.7 Å². The lowest BCUT2D eigenvalue weighted by molar-refractivity contribution is 0.0937. The van der Waals surface area contributed by atoms with Crippen LogP contribution in [0.2, 0.25) is 5.02 Å². The van der Waals surface area contributed by atoms with Crippen molar-refractivity contribution in [2.75, 3.05) is 0 Å². The number of fused-ring (bicyclic) bond motifs is 1. The number of hydrogen-bond donors (Lipinski definition) is 2. The molecule has 0 aliphatic carbocycles. The second-order valence-corrected chi connectivity index (χ2v) is 6.65. The SMILES string of the molecule is Cn1ccnc1C(NC(=O)c1cc2c(Cl)cccc2[nH]1)c1ccc(F)cc1. The molecule has 136 valence electrons. The van der Waals surface area contributed by atoms with Crippen LogP contribution in [-0.2, 0) is 7.05 Å². The first-order valence-corrected chi connectivity index (χ1v) is 8.71. The lowest BCUT2D eigenvalue weighted by atomic mass is 10.1. The highest BCUT2D eigenvalue weighted by Gasteiger charge is 2.22. The average molecular weight is 383 g/mol. The van der Waals surface area contributed by atoms with E-state index in [9.17, 15) is 9.18 Å². The summed E-state index contributed by atoms with van der Waals surface area (Å²) in [4.78, 5) is 20.3. The molecule has 0 radical (unpaired) electrons. The molecule has 2 heterocycles. The van der Waals surface area contributed by atoms with Crippen LogP contribution in [0.25, 0.3) is 10.9 Å². The Kier molecular flexibility index (Phi) is 4.41. The molecule has 0 aliphatic rings. The number of H-pyrrole nitrogens is 1. The van der Waals surface area contributed by atoms with Crippen LogP contribution in [0.3, 0.4) is 0 Å². The van der Waals surface area contributed by atoms with Gasteiger partial charge in [0.15, 0.2) is 0 Å². The second-order valence-electron chi connectivity index (χ2n) is 6.24. The molecule has 2 N–H and O–H groups in total. The molecule has 0 spiro atoms. The molecule has 1 unspecified atom stereocenters. The van der Waals surface area contributed by atoms with Crippen LogP contribution in [-0.4, -0.2) is 20.4 Å². The van der Waals surface area contributed by atoms with Crippen molar-refractivity contribution in [3.8, 4) is 0 Å². The summed E-state index contributed by atoms with van der Waals surface area (Å²) in [6.45, 7) is 0. The van der Waals surface area contributed by atoms with Crippen LogP contribution in [0.5, 0.6) is 0 Å². The number of carbonyl (C=O) groups is 1. The van der Waals surface area contributed by atoms with Gasteiger partial charge in [0.2, 0.25) is 0 Å². The number of amides is 1. The van der Waals surface area contributed by atoms with Gasteiger partial charge < -0.3 is 14.9 Å². The number of rotatable bonds is 4. The van der Waals surface area contributed by atoms with Crippen LogP contribution in [0.4, 0.5) is 4.39 Å². The summed E-state index contributed by atoms with van der Waals surface area (Å²) in [6.07, 6.45) is 3.45. The summed E-state index contributed by atoms with van der Waals surface area (Å²) < 4.78 is 15.1. The molecule has 2 aromatic heterocycles. The third kappa shape index (κ3) is 3.31. The van der Waals surface area contributed by atoms with Crippen molar-refractivity contribution >= 4 is 28.4 Å². The summed E-state index contributed by atoms with van der Waals surface area (Å²) in [5.41, 5.74) is 1.90. The second kappa shape index (κ2) is 6.89. The minimum absolute atomic E-state index is 0.306. The number of hydrogen-bond acceptors (Lipinski definition) is 2. The zero-order valence-electron chi connectivity index (χ0n) is 14.4. The van der Waals surface area contributed by atoms with E-state index in [1.54, 1.807) is 36.7 Å². The fourth-order valence-electron chi connectivity index (χ4n) is 3.06. The zero-order chi connectivity index (χ0) is 19.0. The van der Waals surface area contributed by atoms with E-state index in [1.165, 1.54) is 12.1 Å². The smallest absolute Gasteiger partial charge is 0.268 e. The predicted molar refractivity (Wildman–Crippen MR) is 102 cm³/mol. The molecule has 0 saturated heterocycles. The van der Waals surface area contributed by atoms with Gasteiger partial charge in [-0.25, -0.2) is 9.37 Å². The average Bonchev–Trinajstić information content (AvgIpc) is 3.28. The van der Waals surface area contributed by atoms with Gasteiger partial charge in [-0.05, 0) is 35.9 Å². The lowest BCUT2D eigenvalue weighted by Gasteiger charge is -2.19. The number of nitrogens with zero attached hydrogens (tertiary/aromatic N) is 2. The Morgan fingerprint density at radius 3 is 2.70 bits per heavy atom. The third-order valence-corrected chi connectivity index (χ3v) is 4.78. The fourth-order valence-corrected chi connectivity index (χ4v) is 3.29. The maximum Gasteiger partial charge on any atom is 0.268 e. The van der Waals surface area contributed by atoms with Gasteiger partial charge in [0.25, 0.3) is 5.91 Å². The zero-order valence-corrected chi connectivity index (χ0v) is 15.2. The molecule has 27 heavy (non-hydrogen) atoms. The van der Waals surface area contributed by atoms with Crippen molar-refractivity contribution in [2.24, 2.45) is 7.05 Å². The van der Waals surface area contributed by atoms with Crippen LogP contribution in [0, 0.1) is 5.82 Å². The number of aryl methyl sites for hydroxylation is 1. The quantitative estimate of drug-likeness (QED) is 0.555. The van der Waals surface area contributed by atoms with E-state index in [1.807, 2.05) is 23.7 Å². The maximum absolute atomic E-state index is 13.3. The van der Waals surface area contributed by atoms with E-state index >= 15 is 0 Å².